The lowest BCUT2D eigenvalue weighted by atomic mass is 10.0. The third-order valence-electron chi connectivity index (χ3n) is 4.18. The van der Waals surface area contributed by atoms with E-state index in [9.17, 15) is 4.79 Å². The maximum Gasteiger partial charge on any atom is 0.258 e. The molecule has 128 valence electrons. The Balaban J connectivity index is 2.22. The molecule has 0 aliphatic heterocycles. The van der Waals surface area contributed by atoms with Crippen LogP contribution < -0.4 is 10.2 Å². The molecule has 1 aromatic heterocycles. The lowest BCUT2D eigenvalue weighted by Gasteiger charge is -2.18. The molecule has 1 N–H and O–H groups in total. The van der Waals surface area contributed by atoms with Gasteiger partial charge in [0.15, 0.2) is 0 Å². The van der Waals surface area contributed by atoms with E-state index >= 15 is 0 Å². The zero-order chi connectivity index (χ0) is 17.5. The Morgan fingerprint density at radius 2 is 1.54 bits per heavy atom. The summed E-state index contributed by atoms with van der Waals surface area (Å²) in [5.41, 5.74) is 3.67. The molecule has 5 nitrogen and oxygen atoms in total. The van der Waals surface area contributed by atoms with E-state index in [2.05, 4.69) is 55.1 Å². The molecule has 5 heteroatoms. The maximum atomic E-state index is 12.6. The third-order valence-corrected chi connectivity index (χ3v) is 4.18. The van der Waals surface area contributed by atoms with Gasteiger partial charge in [0.05, 0.1) is 5.56 Å². The van der Waals surface area contributed by atoms with Crippen LogP contribution in [0.1, 0.15) is 49.2 Å². The fourth-order valence-corrected chi connectivity index (χ4v) is 2.70. The Bertz CT molecular complexity index is 656. The highest BCUT2D eigenvalue weighted by atomic mass is 16.1. The van der Waals surface area contributed by atoms with Crippen LogP contribution in [0, 0.1) is 0 Å². The van der Waals surface area contributed by atoms with Gasteiger partial charge < -0.3 is 10.2 Å². The van der Waals surface area contributed by atoms with Crippen molar-refractivity contribution >= 4 is 17.5 Å². The van der Waals surface area contributed by atoms with E-state index in [4.69, 9.17) is 0 Å². The van der Waals surface area contributed by atoms with Crippen LogP contribution in [0.15, 0.2) is 30.6 Å². The second-order valence-corrected chi connectivity index (χ2v) is 5.56. The minimum Gasteiger partial charge on any atom is -0.341 e. The van der Waals surface area contributed by atoms with Crippen LogP contribution in [0.3, 0.4) is 0 Å². The van der Waals surface area contributed by atoms with Gasteiger partial charge in [-0.25, -0.2) is 9.97 Å². The van der Waals surface area contributed by atoms with Gasteiger partial charge in [0.2, 0.25) is 5.95 Å². The standard InChI is InChI=1S/C19H26N4O/c1-5-14-10-9-11-15(6-2)17(14)22-18(24)16-12-20-19(21-13-16)23(7-3)8-4/h9-13H,5-8H2,1-4H3,(H,22,24). The highest BCUT2D eigenvalue weighted by molar-refractivity contribution is 6.04. The number of amides is 1. The van der Waals surface area contributed by atoms with Crippen LogP contribution >= 0.6 is 0 Å². The van der Waals surface area contributed by atoms with Crippen LogP contribution in [0.5, 0.6) is 0 Å². The van der Waals surface area contributed by atoms with Gasteiger partial charge in [-0.1, -0.05) is 32.0 Å². The summed E-state index contributed by atoms with van der Waals surface area (Å²) in [6.45, 7) is 9.97. The van der Waals surface area contributed by atoms with E-state index < -0.39 is 0 Å². The number of carbonyl (C=O) groups excluding carboxylic acids is 1. The van der Waals surface area contributed by atoms with Crippen molar-refractivity contribution in [3.8, 4) is 0 Å². The molecule has 0 bridgehead atoms. The molecule has 1 heterocycles. The molecule has 24 heavy (non-hydrogen) atoms. The molecule has 0 aliphatic carbocycles. The van der Waals surface area contributed by atoms with Gasteiger partial charge in [0.1, 0.15) is 0 Å². The smallest absolute Gasteiger partial charge is 0.258 e. The number of anilines is 2. The van der Waals surface area contributed by atoms with E-state index in [1.54, 1.807) is 12.4 Å². The molecule has 2 aromatic rings. The maximum absolute atomic E-state index is 12.6. The summed E-state index contributed by atoms with van der Waals surface area (Å²) in [5.74, 6) is 0.483. The first-order valence-electron chi connectivity index (χ1n) is 8.63. The summed E-state index contributed by atoms with van der Waals surface area (Å²) in [5, 5.41) is 3.04. The molecule has 1 aromatic carbocycles. The molecule has 1 amide bonds. The Morgan fingerprint density at radius 1 is 1.00 bits per heavy atom. The van der Waals surface area contributed by atoms with Gasteiger partial charge in [0, 0.05) is 31.2 Å². The summed E-state index contributed by atoms with van der Waals surface area (Å²) in [6, 6.07) is 6.14. The number of nitrogens with one attached hydrogen (secondary N) is 1. The fourth-order valence-electron chi connectivity index (χ4n) is 2.70. The van der Waals surface area contributed by atoms with Crippen molar-refractivity contribution in [2.24, 2.45) is 0 Å². The number of para-hydroxylation sites is 1. The van der Waals surface area contributed by atoms with E-state index in [0.29, 0.717) is 11.5 Å². The summed E-state index contributed by atoms with van der Waals surface area (Å²) in [4.78, 5) is 23.3. The van der Waals surface area contributed by atoms with Crippen molar-refractivity contribution in [1.82, 2.24) is 9.97 Å². The fraction of sp³-hybridized carbons (Fsp3) is 0.421. The minimum atomic E-state index is -0.170. The van der Waals surface area contributed by atoms with Gasteiger partial charge in [-0.3, -0.25) is 4.79 Å². The lowest BCUT2D eigenvalue weighted by molar-refractivity contribution is 0.102. The largest absolute Gasteiger partial charge is 0.341 e. The van der Waals surface area contributed by atoms with Crippen molar-refractivity contribution in [3.05, 3.63) is 47.3 Å². The Morgan fingerprint density at radius 3 is 2.00 bits per heavy atom. The molecule has 0 saturated carbocycles. The summed E-state index contributed by atoms with van der Waals surface area (Å²) < 4.78 is 0. The lowest BCUT2D eigenvalue weighted by Crippen LogP contribution is -2.24. The number of hydrogen-bond acceptors (Lipinski definition) is 4. The van der Waals surface area contributed by atoms with Crippen molar-refractivity contribution in [3.63, 3.8) is 0 Å². The van der Waals surface area contributed by atoms with Gasteiger partial charge in [0.25, 0.3) is 5.91 Å². The number of aryl methyl sites for hydroxylation is 2. The number of hydrogen-bond donors (Lipinski definition) is 1. The molecule has 0 spiro atoms. The molecule has 0 radical (unpaired) electrons. The Labute approximate surface area is 144 Å². The number of rotatable bonds is 7. The van der Waals surface area contributed by atoms with Gasteiger partial charge >= 0.3 is 0 Å². The second kappa shape index (κ2) is 8.43. The van der Waals surface area contributed by atoms with E-state index in [0.717, 1.165) is 42.7 Å². The molecule has 0 unspecified atom stereocenters. The number of benzene rings is 1. The average molecular weight is 326 g/mol. The zero-order valence-electron chi connectivity index (χ0n) is 15.0. The number of aromatic nitrogens is 2. The van der Waals surface area contributed by atoms with Crippen LogP contribution in [0.25, 0.3) is 0 Å². The van der Waals surface area contributed by atoms with Crippen molar-refractivity contribution in [2.75, 3.05) is 23.3 Å². The predicted molar refractivity (Wildman–Crippen MR) is 98.7 cm³/mol. The van der Waals surface area contributed by atoms with Crippen LogP contribution in [0.4, 0.5) is 11.6 Å². The van der Waals surface area contributed by atoms with Crippen molar-refractivity contribution in [1.29, 1.82) is 0 Å². The quantitative estimate of drug-likeness (QED) is 0.843. The Kier molecular flexibility index (Phi) is 6.29. The highest BCUT2D eigenvalue weighted by Gasteiger charge is 2.13. The normalized spacial score (nSPS) is 10.5. The Hall–Kier alpha value is -2.43. The molecule has 2 rings (SSSR count). The van der Waals surface area contributed by atoms with Crippen molar-refractivity contribution in [2.45, 2.75) is 40.5 Å². The van der Waals surface area contributed by atoms with Crippen LogP contribution in [0.2, 0.25) is 0 Å². The number of nitrogens with zero attached hydrogens (tertiary/aromatic N) is 3. The molecule has 0 saturated heterocycles. The minimum absolute atomic E-state index is 0.170. The second-order valence-electron chi connectivity index (χ2n) is 5.56. The highest BCUT2D eigenvalue weighted by Crippen LogP contribution is 2.23. The summed E-state index contributed by atoms with van der Waals surface area (Å²) >= 11 is 0. The first-order chi connectivity index (χ1) is 11.6. The number of carbonyl (C=O) groups is 1. The SMILES string of the molecule is CCc1cccc(CC)c1NC(=O)c1cnc(N(CC)CC)nc1. The van der Waals surface area contributed by atoms with Gasteiger partial charge in [-0.15, -0.1) is 0 Å². The van der Waals surface area contributed by atoms with Gasteiger partial charge in [-0.2, -0.15) is 0 Å². The summed E-state index contributed by atoms with van der Waals surface area (Å²) in [6.07, 6.45) is 4.94. The van der Waals surface area contributed by atoms with Crippen LogP contribution in [-0.4, -0.2) is 29.0 Å². The van der Waals surface area contributed by atoms with E-state index in [1.165, 1.54) is 0 Å². The first kappa shape index (κ1) is 17.9. The monoisotopic (exact) mass is 326 g/mol. The van der Waals surface area contributed by atoms with Crippen molar-refractivity contribution < 1.29 is 4.79 Å². The van der Waals surface area contributed by atoms with E-state index in [-0.39, 0.29) is 5.91 Å². The molecular weight excluding hydrogens is 300 g/mol. The van der Waals surface area contributed by atoms with E-state index in [1.807, 2.05) is 11.0 Å². The average Bonchev–Trinajstić information content (AvgIpc) is 2.63. The topological polar surface area (TPSA) is 58.1 Å². The van der Waals surface area contributed by atoms with Crippen LogP contribution in [-0.2, 0) is 12.8 Å². The predicted octanol–water partition coefficient (Wildman–Crippen LogP) is 3.70. The zero-order valence-corrected chi connectivity index (χ0v) is 15.0. The van der Waals surface area contributed by atoms with Gasteiger partial charge in [-0.05, 0) is 37.8 Å². The molecular formula is C19H26N4O. The summed E-state index contributed by atoms with van der Waals surface area (Å²) in [7, 11) is 0. The molecule has 0 aliphatic rings. The first-order valence-corrected chi connectivity index (χ1v) is 8.63. The molecule has 0 fully saturated rings. The molecule has 0 atom stereocenters. The third kappa shape index (κ3) is 3.91.